The molecule has 0 aliphatic heterocycles. The van der Waals surface area contributed by atoms with E-state index in [1.54, 1.807) is 19.1 Å². The van der Waals surface area contributed by atoms with E-state index in [2.05, 4.69) is 22.4 Å². The van der Waals surface area contributed by atoms with Crippen LogP contribution in [0.3, 0.4) is 0 Å². The molecule has 1 aromatic heterocycles. The fourth-order valence-corrected chi connectivity index (χ4v) is 5.02. The van der Waals surface area contributed by atoms with E-state index in [-0.39, 0.29) is 24.8 Å². The molecule has 2 amide bonds. The van der Waals surface area contributed by atoms with Crippen LogP contribution in [0.4, 0.5) is 5.13 Å². The number of aromatic nitrogens is 2. The zero-order valence-electron chi connectivity index (χ0n) is 23.3. The highest BCUT2D eigenvalue weighted by Gasteiger charge is 2.19. The molecule has 0 fully saturated rings. The second-order valence-electron chi connectivity index (χ2n) is 9.36. The van der Waals surface area contributed by atoms with Gasteiger partial charge in [-0.05, 0) is 61.2 Å². The molecule has 4 aromatic rings. The third kappa shape index (κ3) is 7.45. The Kier molecular flexibility index (Phi) is 9.86. The predicted octanol–water partition coefficient (Wildman–Crippen LogP) is 5.81. The Morgan fingerprint density at radius 1 is 0.900 bits per heavy atom. The van der Waals surface area contributed by atoms with Gasteiger partial charge in [-0.1, -0.05) is 60.2 Å². The molecule has 0 bridgehead atoms. The summed E-state index contributed by atoms with van der Waals surface area (Å²) in [6, 6.07) is 21.3. The molecular formula is C31H34N4O4S. The molecule has 1 heterocycles. The monoisotopic (exact) mass is 558 g/mol. The lowest BCUT2D eigenvalue weighted by atomic mass is 10.1. The second kappa shape index (κ2) is 13.7. The summed E-state index contributed by atoms with van der Waals surface area (Å²) in [5, 5.41) is 12.3. The number of benzene rings is 3. The van der Waals surface area contributed by atoms with Crippen LogP contribution in [0.2, 0.25) is 0 Å². The lowest BCUT2D eigenvalue weighted by molar-refractivity contribution is -0.116. The van der Waals surface area contributed by atoms with Gasteiger partial charge in [-0.25, -0.2) is 0 Å². The van der Waals surface area contributed by atoms with E-state index in [0.717, 1.165) is 33.7 Å². The van der Waals surface area contributed by atoms with Gasteiger partial charge >= 0.3 is 0 Å². The van der Waals surface area contributed by atoms with E-state index in [0.29, 0.717) is 35.2 Å². The first-order valence-electron chi connectivity index (χ1n) is 13.2. The van der Waals surface area contributed by atoms with Crippen LogP contribution < -0.4 is 14.8 Å². The largest absolute Gasteiger partial charge is 0.493 e. The molecule has 0 aliphatic carbocycles. The van der Waals surface area contributed by atoms with Crippen molar-refractivity contribution in [1.29, 1.82) is 0 Å². The van der Waals surface area contributed by atoms with Crippen LogP contribution in [0.1, 0.15) is 40.4 Å². The van der Waals surface area contributed by atoms with Gasteiger partial charge in [0, 0.05) is 30.6 Å². The number of amides is 2. The molecule has 0 saturated heterocycles. The number of carbonyl (C=O) groups is 2. The molecule has 3 aromatic carbocycles. The van der Waals surface area contributed by atoms with Gasteiger partial charge < -0.3 is 19.7 Å². The van der Waals surface area contributed by atoms with Crippen molar-refractivity contribution in [3.63, 3.8) is 0 Å². The summed E-state index contributed by atoms with van der Waals surface area (Å²) in [5.74, 6) is 0.939. The van der Waals surface area contributed by atoms with Crippen molar-refractivity contribution in [1.82, 2.24) is 15.1 Å². The summed E-state index contributed by atoms with van der Waals surface area (Å²) in [4.78, 5) is 28.0. The molecule has 0 atom stereocenters. The fourth-order valence-electron chi connectivity index (χ4n) is 4.27. The smallest absolute Gasteiger partial charge is 0.253 e. The van der Waals surface area contributed by atoms with Crippen LogP contribution in [0.25, 0.3) is 10.6 Å². The van der Waals surface area contributed by atoms with E-state index < -0.39 is 0 Å². The molecule has 40 heavy (non-hydrogen) atoms. The maximum absolute atomic E-state index is 13.5. The normalized spacial score (nSPS) is 10.7. The molecular weight excluding hydrogens is 524 g/mol. The summed E-state index contributed by atoms with van der Waals surface area (Å²) < 4.78 is 10.8. The van der Waals surface area contributed by atoms with Crippen LogP contribution in [0, 0.1) is 6.92 Å². The van der Waals surface area contributed by atoms with Crippen LogP contribution in [-0.2, 0) is 17.6 Å². The third-order valence-electron chi connectivity index (χ3n) is 6.56. The lowest BCUT2D eigenvalue weighted by Crippen LogP contribution is -2.35. The number of methoxy groups -OCH3 is 2. The minimum absolute atomic E-state index is 0.117. The van der Waals surface area contributed by atoms with E-state index in [4.69, 9.17) is 9.47 Å². The number of hydrogen-bond donors (Lipinski definition) is 1. The molecule has 1 N–H and O–H groups in total. The molecule has 0 radical (unpaired) electrons. The summed E-state index contributed by atoms with van der Waals surface area (Å²) >= 11 is 1.32. The van der Waals surface area contributed by atoms with Crippen LogP contribution in [-0.4, -0.2) is 54.2 Å². The molecule has 0 spiro atoms. The summed E-state index contributed by atoms with van der Waals surface area (Å²) in [6.07, 6.45) is 1.62. The summed E-state index contributed by atoms with van der Waals surface area (Å²) in [7, 11) is 3.19. The number of carbonyl (C=O) groups excluding carboxylic acids is 2. The van der Waals surface area contributed by atoms with Crippen LogP contribution in [0.15, 0.2) is 66.7 Å². The minimum atomic E-state index is -0.225. The zero-order chi connectivity index (χ0) is 28.5. The second-order valence-corrected chi connectivity index (χ2v) is 10.3. The predicted molar refractivity (Wildman–Crippen MR) is 158 cm³/mol. The topological polar surface area (TPSA) is 93.7 Å². The van der Waals surface area contributed by atoms with Crippen molar-refractivity contribution in [3.8, 4) is 22.1 Å². The minimum Gasteiger partial charge on any atom is -0.493 e. The Hall–Kier alpha value is -4.24. The Morgan fingerprint density at radius 3 is 2.35 bits per heavy atom. The van der Waals surface area contributed by atoms with Gasteiger partial charge in [0.05, 0.1) is 14.2 Å². The van der Waals surface area contributed by atoms with E-state index in [1.165, 1.54) is 11.3 Å². The first-order chi connectivity index (χ1) is 19.4. The molecule has 9 heteroatoms. The fraction of sp³-hybridized carbons (Fsp3) is 0.290. The Balaban J connectivity index is 1.43. The van der Waals surface area contributed by atoms with Gasteiger partial charge in [-0.15, -0.1) is 10.2 Å². The number of nitrogens with one attached hydrogen (secondary N) is 1. The highest BCUT2D eigenvalue weighted by molar-refractivity contribution is 7.18. The highest BCUT2D eigenvalue weighted by Crippen LogP contribution is 2.28. The Labute approximate surface area is 239 Å². The molecule has 0 aliphatic rings. The highest BCUT2D eigenvalue weighted by atomic mass is 32.1. The third-order valence-corrected chi connectivity index (χ3v) is 7.45. The standard InChI is InChI=1S/C31H34N4O4S/c1-5-22-9-12-24(13-10-22)30(37)35(17-15-23-11-14-26(38-3)27(20-23)39-4)18-16-28(36)32-31-34-33-29(40-31)25-8-6-7-21(2)19-25/h6-14,19-20H,5,15-18H2,1-4H3,(H,32,34,36). The van der Waals surface area contributed by atoms with Gasteiger partial charge in [-0.2, -0.15) is 0 Å². The molecule has 8 nitrogen and oxygen atoms in total. The van der Waals surface area contributed by atoms with Gasteiger partial charge in [0.25, 0.3) is 5.91 Å². The Morgan fingerprint density at radius 2 is 1.65 bits per heavy atom. The molecule has 4 rings (SSSR count). The number of aryl methyl sites for hydroxylation is 2. The number of hydrogen-bond acceptors (Lipinski definition) is 7. The van der Waals surface area contributed by atoms with Gasteiger partial charge in [0.2, 0.25) is 11.0 Å². The molecule has 0 unspecified atom stereocenters. The zero-order valence-corrected chi connectivity index (χ0v) is 24.1. The average Bonchev–Trinajstić information content (AvgIpc) is 3.45. The van der Waals surface area contributed by atoms with Gasteiger partial charge in [0.1, 0.15) is 5.01 Å². The maximum Gasteiger partial charge on any atom is 0.253 e. The lowest BCUT2D eigenvalue weighted by Gasteiger charge is -2.23. The molecule has 208 valence electrons. The summed E-state index contributed by atoms with van der Waals surface area (Å²) in [5.41, 5.74) is 4.84. The number of anilines is 1. The van der Waals surface area contributed by atoms with E-state index >= 15 is 0 Å². The quantitative estimate of drug-likeness (QED) is 0.236. The first kappa shape index (κ1) is 28.8. The van der Waals surface area contributed by atoms with Crippen LogP contribution in [0.5, 0.6) is 11.5 Å². The van der Waals surface area contributed by atoms with Crippen molar-refractivity contribution in [2.75, 3.05) is 32.6 Å². The number of rotatable bonds is 12. The van der Waals surface area contributed by atoms with Crippen molar-refractivity contribution in [2.45, 2.75) is 33.1 Å². The summed E-state index contributed by atoms with van der Waals surface area (Å²) in [6.45, 7) is 4.79. The van der Waals surface area contributed by atoms with Crippen molar-refractivity contribution in [2.24, 2.45) is 0 Å². The SMILES string of the molecule is CCc1ccc(C(=O)N(CCC(=O)Nc2nnc(-c3cccc(C)c3)s2)CCc2ccc(OC)c(OC)c2)cc1. The van der Waals surface area contributed by atoms with Crippen molar-refractivity contribution in [3.05, 3.63) is 89.0 Å². The first-order valence-corrected chi connectivity index (χ1v) is 14.0. The van der Waals surface area contributed by atoms with Gasteiger partial charge in [-0.3, -0.25) is 9.59 Å². The van der Waals surface area contributed by atoms with Gasteiger partial charge in [0.15, 0.2) is 11.5 Å². The Bertz CT molecular complexity index is 1450. The number of nitrogens with zero attached hydrogens (tertiary/aromatic N) is 3. The van der Waals surface area contributed by atoms with E-state index in [1.807, 2.05) is 73.7 Å². The molecule has 0 saturated carbocycles. The number of ether oxygens (including phenoxy) is 2. The van der Waals surface area contributed by atoms with Crippen molar-refractivity contribution < 1.29 is 19.1 Å². The van der Waals surface area contributed by atoms with Crippen molar-refractivity contribution >= 4 is 28.3 Å². The van der Waals surface area contributed by atoms with E-state index in [9.17, 15) is 9.59 Å². The van der Waals surface area contributed by atoms with Crippen LogP contribution >= 0.6 is 11.3 Å². The maximum atomic E-state index is 13.5. The average molecular weight is 559 g/mol.